The van der Waals surface area contributed by atoms with Gasteiger partial charge in [0.1, 0.15) is 6.04 Å². The zero-order chi connectivity index (χ0) is 22.1. The number of thiazole rings is 1. The lowest BCUT2D eigenvalue weighted by Gasteiger charge is -2.24. The van der Waals surface area contributed by atoms with Gasteiger partial charge in [-0.2, -0.15) is 0 Å². The molecule has 7 heteroatoms. The van der Waals surface area contributed by atoms with Gasteiger partial charge in [0.05, 0.1) is 15.8 Å². The Bertz CT molecular complexity index is 1480. The highest BCUT2D eigenvalue weighted by Gasteiger charge is 2.33. The number of hydrogen-bond donors (Lipinski definition) is 1. The minimum Gasteiger partial charge on any atom is -0.322 e. The van der Waals surface area contributed by atoms with E-state index in [1.165, 1.54) is 22.7 Å². The van der Waals surface area contributed by atoms with E-state index in [-0.39, 0.29) is 11.5 Å². The number of carbonyl (C=O) groups excluding carboxylic acids is 1. The Kier molecular flexibility index (Phi) is 5.43. The summed E-state index contributed by atoms with van der Waals surface area (Å²) in [5.74, 6) is -0.256. The Balaban J connectivity index is 1.66. The molecule has 158 valence electrons. The number of amides is 1. The molecule has 0 saturated heterocycles. The fourth-order valence-corrected chi connectivity index (χ4v) is 5.62. The van der Waals surface area contributed by atoms with Crippen molar-refractivity contribution in [3.05, 3.63) is 120 Å². The molecule has 0 spiro atoms. The van der Waals surface area contributed by atoms with E-state index in [4.69, 9.17) is 0 Å². The Morgan fingerprint density at radius 2 is 1.75 bits per heavy atom. The van der Waals surface area contributed by atoms with E-state index in [2.05, 4.69) is 10.3 Å². The topological polar surface area (TPSA) is 63.5 Å². The minimum absolute atomic E-state index is 0.145. The summed E-state index contributed by atoms with van der Waals surface area (Å²) >= 11 is 2.87. The lowest BCUT2D eigenvalue weighted by molar-refractivity contribution is -0.113. The van der Waals surface area contributed by atoms with Crippen LogP contribution in [0.4, 0.5) is 5.69 Å². The normalized spacial score (nSPS) is 15.9. The molecule has 1 amide bonds. The zero-order valence-corrected chi connectivity index (χ0v) is 18.8. The van der Waals surface area contributed by atoms with E-state index in [0.29, 0.717) is 26.3 Å². The van der Waals surface area contributed by atoms with Gasteiger partial charge in [0.15, 0.2) is 4.80 Å². The van der Waals surface area contributed by atoms with Crippen LogP contribution in [0.5, 0.6) is 0 Å². The zero-order valence-electron chi connectivity index (χ0n) is 17.2. The molecule has 2 aromatic heterocycles. The van der Waals surface area contributed by atoms with E-state index in [0.717, 1.165) is 10.4 Å². The second-order valence-electron chi connectivity index (χ2n) is 7.33. The fraction of sp³-hybridized carbons (Fsp3) is 0.0800. The maximum atomic E-state index is 13.5. The molecule has 1 aliphatic rings. The predicted molar refractivity (Wildman–Crippen MR) is 130 cm³/mol. The Morgan fingerprint density at radius 3 is 2.44 bits per heavy atom. The quantitative estimate of drug-likeness (QED) is 0.505. The number of fused-ring (bicyclic) bond motifs is 1. The van der Waals surface area contributed by atoms with Crippen molar-refractivity contribution >= 4 is 40.3 Å². The largest absolute Gasteiger partial charge is 0.322 e. The summed E-state index contributed by atoms with van der Waals surface area (Å²) in [5.41, 5.74) is 2.60. The molecule has 1 aliphatic heterocycles. The van der Waals surface area contributed by atoms with Crippen molar-refractivity contribution in [3.63, 3.8) is 0 Å². The van der Waals surface area contributed by atoms with E-state index < -0.39 is 6.04 Å². The highest BCUT2D eigenvalue weighted by Crippen LogP contribution is 2.33. The number of nitrogens with zero attached hydrogens (tertiary/aromatic N) is 2. The maximum absolute atomic E-state index is 13.5. The lowest BCUT2D eigenvalue weighted by Crippen LogP contribution is -2.40. The number of benzene rings is 2. The number of allylic oxidation sites excluding steroid dienone is 1. The average molecular weight is 458 g/mol. The number of nitrogens with one attached hydrogen (secondary N) is 1. The number of aromatic nitrogens is 1. The first kappa shape index (κ1) is 20.4. The third kappa shape index (κ3) is 3.77. The van der Waals surface area contributed by atoms with Crippen LogP contribution in [0.15, 0.2) is 99.2 Å². The van der Waals surface area contributed by atoms with Crippen LogP contribution in [0.25, 0.3) is 6.08 Å². The first-order valence-electron chi connectivity index (χ1n) is 10.1. The highest BCUT2D eigenvalue weighted by atomic mass is 32.1. The van der Waals surface area contributed by atoms with Crippen molar-refractivity contribution in [2.75, 3.05) is 5.32 Å². The second-order valence-corrected chi connectivity index (χ2v) is 9.32. The van der Waals surface area contributed by atoms with Crippen molar-refractivity contribution in [2.24, 2.45) is 4.99 Å². The van der Waals surface area contributed by atoms with Crippen molar-refractivity contribution in [1.82, 2.24) is 4.57 Å². The Labute approximate surface area is 192 Å². The summed E-state index contributed by atoms with van der Waals surface area (Å²) in [6.45, 7) is 1.83. The number of hydrogen-bond acceptors (Lipinski definition) is 5. The lowest BCUT2D eigenvalue weighted by atomic mass is 10.0. The van der Waals surface area contributed by atoms with Crippen molar-refractivity contribution in [2.45, 2.75) is 13.0 Å². The van der Waals surface area contributed by atoms with Gasteiger partial charge >= 0.3 is 0 Å². The van der Waals surface area contributed by atoms with E-state index >= 15 is 0 Å². The van der Waals surface area contributed by atoms with Crippen molar-refractivity contribution in [3.8, 4) is 0 Å². The SMILES string of the molecule is CC1=C(C(=O)Nc2ccccc2)[C@H](c2cccs2)n2c(s/c(=C/c3ccccc3)c2=O)=N1. The molecule has 5 nitrogen and oxygen atoms in total. The molecule has 0 aliphatic carbocycles. The number of carbonyl (C=O) groups is 1. The van der Waals surface area contributed by atoms with Crippen LogP contribution in [-0.4, -0.2) is 10.5 Å². The smallest absolute Gasteiger partial charge is 0.271 e. The molecule has 5 rings (SSSR count). The van der Waals surface area contributed by atoms with E-state index in [1.807, 2.05) is 91.2 Å². The summed E-state index contributed by atoms with van der Waals surface area (Å²) in [6.07, 6.45) is 1.87. The molecule has 4 aromatic rings. The van der Waals surface area contributed by atoms with Gasteiger partial charge in [-0.1, -0.05) is 65.9 Å². The van der Waals surface area contributed by atoms with E-state index in [1.54, 1.807) is 4.57 Å². The van der Waals surface area contributed by atoms with Gasteiger partial charge in [-0.15, -0.1) is 11.3 Å². The summed E-state index contributed by atoms with van der Waals surface area (Å²) in [5, 5.41) is 4.91. The van der Waals surface area contributed by atoms with Crippen LogP contribution in [-0.2, 0) is 4.79 Å². The predicted octanol–water partition coefficient (Wildman–Crippen LogP) is 3.94. The fourth-order valence-electron chi connectivity index (χ4n) is 3.75. The summed E-state index contributed by atoms with van der Waals surface area (Å²) in [7, 11) is 0. The van der Waals surface area contributed by atoms with Crippen molar-refractivity contribution in [1.29, 1.82) is 0 Å². The van der Waals surface area contributed by atoms with Crippen LogP contribution in [0.3, 0.4) is 0 Å². The monoisotopic (exact) mass is 457 g/mol. The number of anilines is 1. The second kappa shape index (κ2) is 8.53. The molecule has 2 aromatic carbocycles. The maximum Gasteiger partial charge on any atom is 0.271 e. The summed E-state index contributed by atoms with van der Waals surface area (Å²) in [6, 6.07) is 22.4. The third-order valence-corrected chi connectivity index (χ3v) is 7.12. The van der Waals surface area contributed by atoms with Crippen molar-refractivity contribution < 1.29 is 4.79 Å². The van der Waals surface area contributed by atoms with Gasteiger partial charge in [-0.05, 0) is 42.1 Å². The highest BCUT2D eigenvalue weighted by molar-refractivity contribution is 7.10. The molecule has 32 heavy (non-hydrogen) atoms. The third-order valence-electron chi connectivity index (χ3n) is 5.21. The minimum atomic E-state index is -0.520. The molecule has 0 saturated carbocycles. The molecular formula is C25H19N3O2S2. The average Bonchev–Trinajstić information content (AvgIpc) is 3.43. The van der Waals surface area contributed by atoms with Crippen LogP contribution >= 0.6 is 22.7 Å². The summed E-state index contributed by atoms with van der Waals surface area (Å²) in [4.78, 5) is 33.0. The van der Waals surface area contributed by atoms with Gasteiger partial charge in [0.25, 0.3) is 11.5 Å². The molecule has 1 N–H and O–H groups in total. The number of rotatable bonds is 4. The van der Waals surface area contributed by atoms with Crippen LogP contribution in [0.1, 0.15) is 23.4 Å². The molecule has 0 radical (unpaired) electrons. The number of para-hydroxylation sites is 1. The molecule has 3 heterocycles. The van der Waals surface area contributed by atoms with Gasteiger partial charge in [0.2, 0.25) is 0 Å². The molecule has 0 unspecified atom stereocenters. The number of thiophene rings is 1. The van der Waals surface area contributed by atoms with Crippen LogP contribution in [0, 0.1) is 0 Å². The van der Waals surface area contributed by atoms with Gasteiger partial charge < -0.3 is 5.32 Å². The molecule has 0 bridgehead atoms. The van der Waals surface area contributed by atoms with Gasteiger partial charge in [-0.3, -0.25) is 14.2 Å². The Morgan fingerprint density at radius 1 is 1.03 bits per heavy atom. The first-order valence-corrected chi connectivity index (χ1v) is 11.8. The van der Waals surface area contributed by atoms with E-state index in [9.17, 15) is 9.59 Å². The molecular weight excluding hydrogens is 438 g/mol. The standard InChI is InChI=1S/C25H19N3O2S2/c1-16-21(23(29)27-18-11-6-3-7-12-18)22(19-13-8-14-31-19)28-24(30)20(32-25(28)26-16)15-17-9-4-2-5-10-17/h2-15,22H,1H3,(H,27,29)/b20-15+/t22-/m0/s1. The molecule has 0 fully saturated rings. The Hall–Kier alpha value is -3.55. The first-order chi connectivity index (χ1) is 15.6. The van der Waals surface area contributed by atoms with Crippen LogP contribution in [0.2, 0.25) is 0 Å². The van der Waals surface area contributed by atoms with Gasteiger partial charge in [0, 0.05) is 10.6 Å². The molecule has 1 atom stereocenters. The van der Waals surface area contributed by atoms with Gasteiger partial charge in [-0.25, -0.2) is 4.99 Å². The van der Waals surface area contributed by atoms with Crippen LogP contribution < -0.4 is 20.2 Å². The summed E-state index contributed by atoms with van der Waals surface area (Å²) < 4.78 is 2.24.